The molecule has 1 aliphatic rings. The molecule has 5 rings (SSSR count). The molecule has 0 spiro atoms. The molecule has 0 aliphatic carbocycles. The molecule has 0 fully saturated rings. The Morgan fingerprint density at radius 2 is 1.71 bits per heavy atom. The predicted octanol–water partition coefficient (Wildman–Crippen LogP) is 4.83. The Morgan fingerprint density at radius 3 is 2.42 bits per heavy atom. The van der Waals surface area contributed by atoms with Gasteiger partial charge in [-0.1, -0.05) is 65.4 Å². The van der Waals surface area contributed by atoms with Crippen molar-refractivity contribution >= 4 is 35.0 Å². The fourth-order valence-corrected chi connectivity index (χ4v) is 6.10. The van der Waals surface area contributed by atoms with E-state index in [-0.39, 0.29) is 24.7 Å². The van der Waals surface area contributed by atoms with Gasteiger partial charge in [0.2, 0.25) is 0 Å². The lowest BCUT2D eigenvalue weighted by molar-refractivity contribution is -0.139. The molecular weight excluding hydrogens is 590 g/mol. The molecule has 0 unspecified atom stereocenters. The summed E-state index contributed by atoms with van der Waals surface area (Å²) in [5, 5.41) is 2.86. The molecule has 1 amide bonds. The second-order valence-corrected chi connectivity index (χ2v) is 11.5. The zero-order chi connectivity index (χ0) is 32.1. The molecule has 0 saturated heterocycles. The van der Waals surface area contributed by atoms with Crippen LogP contribution in [0.5, 0.6) is 11.5 Å². The first-order valence-corrected chi connectivity index (χ1v) is 15.5. The third kappa shape index (κ3) is 6.91. The zero-order valence-electron chi connectivity index (χ0n) is 25.9. The van der Waals surface area contributed by atoms with Gasteiger partial charge in [0.05, 0.1) is 35.1 Å². The molecule has 3 aromatic carbocycles. The Morgan fingerprint density at radius 1 is 0.956 bits per heavy atom. The van der Waals surface area contributed by atoms with E-state index in [1.165, 1.54) is 11.3 Å². The van der Waals surface area contributed by atoms with E-state index in [1.54, 1.807) is 42.7 Å². The monoisotopic (exact) mass is 625 g/mol. The van der Waals surface area contributed by atoms with Crippen LogP contribution in [0, 0.1) is 13.8 Å². The van der Waals surface area contributed by atoms with Gasteiger partial charge in [0.1, 0.15) is 0 Å². The highest BCUT2D eigenvalue weighted by molar-refractivity contribution is 7.07. The predicted molar refractivity (Wildman–Crippen MR) is 174 cm³/mol. The fourth-order valence-electron chi connectivity index (χ4n) is 5.05. The van der Waals surface area contributed by atoms with Gasteiger partial charge in [-0.3, -0.25) is 14.2 Å². The summed E-state index contributed by atoms with van der Waals surface area (Å²) in [7, 11) is 0. The number of carbonyl (C=O) groups is 2. The number of carbonyl (C=O) groups excluding carboxylic acids is 2. The van der Waals surface area contributed by atoms with E-state index in [4.69, 9.17) is 14.2 Å². The molecule has 1 aromatic heterocycles. The number of allylic oxidation sites excluding steroid dienone is 1. The summed E-state index contributed by atoms with van der Waals surface area (Å²) in [5.74, 6) is 0.0610. The fraction of sp³-hybridized carbons (Fsp3) is 0.257. The molecule has 0 radical (unpaired) electrons. The summed E-state index contributed by atoms with van der Waals surface area (Å²) in [6, 6.07) is 19.9. The van der Waals surface area contributed by atoms with Crippen molar-refractivity contribution in [3.63, 3.8) is 0 Å². The van der Waals surface area contributed by atoms with Crippen molar-refractivity contribution in [1.82, 2.24) is 4.57 Å². The number of aryl methyl sites for hydroxylation is 2. The molecule has 9 nitrogen and oxygen atoms in total. The van der Waals surface area contributed by atoms with Crippen LogP contribution in [-0.2, 0) is 14.3 Å². The van der Waals surface area contributed by atoms with Gasteiger partial charge in [-0.05, 0) is 75.6 Å². The first-order valence-electron chi connectivity index (χ1n) is 14.7. The number of rotatable bonds is 10. The number of esters is 1. The molecular formula is C35H35N3O6S. The number of fused-ring (bicyclic) bond motifs is 1. The average Bonchev–Trinajstić information content (AvgIpc) is 3.31. The second-order valence-electron chi connectivity index (χ2n) is 10.5. The zero-order valence-corrected chi connectivity index (χ0v) is 26.7. The average molecular weight is 626 g/mol. The molecule has 1 atom stereocenters. The maximum Gasteiger partial charge on any atom is 0.338 e. The standard InChI is InChI=1S/C35H35N3O6S/c1-6-42-28-18-24(14-17-27(28)44-20-30(39)37-26-11-9-8-10-22(26)4)19-29-33(40)38-32(25-15-12-21(3)13-16-25)31(34(41)43-7-2)23(5)36-35(38)45-29/h8-19,32H,6-7,20H2,1-5H3,(H,37,39)/b29-19+/t32-/m1/s1. The summed E-state index contributed by atoms with van der Waals surface area (Å²) in [4.78, 5) is 44.7. The summed E-state index contributed by atoms with van der Waals surface area (Å²) >= 11 is 1.25. The molecule has 1 aliphatic heterocycles. The Hall–Kier alpha value is -4.96. The maximum absolute atomic E-state index is 13.9. The number of aromatic nitrogens is 1. The summed E-state index contributed by atoms with van der Waals surface area (Å²) in [5.41, 5.74) is 4.81. The smallest absolute Gasteiger partial charge is 0.338 e. The van der Waals surface area contributed by atoms with E-state index in [9.17, 15) is 14.4 Å². The van der Waals surface area contributed by atoms with Gasteiger partial charge >= 0.3 is 5.97 Å². The summed E-state index contributed by atoms with van der Waals surface area (Å²) < 4.78 is 19.0. The number of ether oxygens (including phenoxy) is 3. The molecule has 45 heavy (non-hydrogen) atoms. The van der Waals surface area contributed by atoms with Crippen LogP contribution < -0.4 is 29.7 Å². The van der Waals surface area contributed by atoms with Gasteiger partial charge in [-0.2, -0.15) is 0 Å². The van der Waals surface area contributed by atoms with Crippen LogP contribution in [0.2, 0.25) is 0 Å². The van der Waals surface area contributed by atoms with Crippen LogP contribution in [0.1, 0.15) is 49.1 Å². The van der Waals surface area contributed by atoms with Crippen LogP contribution in [0.3, 0.4) is 0 Å². The summed E-state index contributed by atoms with van der Waals surface area (Å²) in [6.07, 6.45) is 1.76. The number of hydrogen-bond donors (Lipinski definition) is 1. The van der Waals surface area contributed by atoms with Crippen molar-refractivity contribution in [2.45, 2.75) is 40.7 Å². The van der Waals surface area contributed by atoms with E-state index < -0.39 is 12.0 Å². The Kier molecular flexibility index (Phi) is 9.63. The Labute approximate surface area is 265 Å². The van der Waals surface area contributed by atoms with Crippen molar-refractivity contribution in [2.75, 3.05) is 25.1 Å². The number of hydrogen-bond acceptors (Lipinski definition) is 8. The number of thiazole rings is 1. The number of para-hydroxylation sites is 1. The van der Waals surface area contributed by atoms with E-state index >= 15 is 0 Å². The minimum Gasteiger partial charge on any atom is -0.490 e. The van der Waals surface area contributed by atoms with E-state index in [1.807, 2.05) is 69.3 Å². The third-order valence-corrected chi connectivity index (χ3v) is 8.24. The largest absolute Gasteiger partial charge is 0.490 e. The molecule has 1 N–H and O–H groups in total. The number of nitrogens with one attached hydrogen (secondary N) is 1. The minimum atomic E-state index is -0.677. The Bertz CT molecular complexity index is 1960. The van der Waals surface area contributed by atoms with E-state index in [0.29, 0.717) is 44.3 Å². The van der Waals surface area contributed by atoms with Crippen molar-refractivity contribution in [3.05, 3.63) is 120 Å². The van der Waals surface area contributed by atoms with Gasteiger partial charge in [0.25, 0.3) is 11.5 Å². The maximum atomic E-state index is 13.9. The van der Waals surface area contributed by atoms with Gasteiger partial charge in [0.15, 0.2) is 22.9 Å². The minimum absolute atomic E-state index is 0.201. The first kappa shape index (κ1) is 31.5. The molecule has 0 saturated carbocycles. The van der Waals surface area contributed by atoms with Gasteiger partial charge in [0, 0.05) is 5.69 Å². The number of anilines is 1. The van der Waals surface area contributed by atoms with Gasteiger partial charge in [-0.15, -0.1) is 0 Å². The lowest BCUT2D eigenvalue weighted by atomic mass is 9.95. The molecule has 4 aromatic rings. The lowest BCUT2D eigenvalue weighted by Gasteiger charge is -2.24. The normalized spacial score (nSPS) is 14.4. The summed E-state index contributed by atoms with van der Waals surface area (Å²) in [6.45, 7) is 9.65. The second kappa shape index (κ2) is 13.8. The van der Waals surface area contributed by atoms with E-state index in [2.05, 4.69) is 10.3 Å². The molecule has 2 heterocycles. The Balaban J connectivity index is 1.47. The van der Waals surface area contributed by atoms with Gasteiger partial charge < -0.3 is 19.5 Å². The van der Waals surface area contributed by atoms with Crippen molar-refractivity contribution in [3.8, 4) is 11.5 Å². The van der Waals surface area contributed by atoms with Crippen LogP contribution in [-0.4, -0.2) is 36.3 Å². The highest BCUT2D eigenvalue weighted by atomic mass is 32.1. The van der Waals surface area contributed by atoms with Crippen LogP contribution in [0.25, 0.3) is 6.08 Å². The topological polar surface area (TPSA) is 108 Å². The van der Waals surface area contributed by atoms with Crippen LogP contribution in [0.4, 0.5) is 5.69 Å². The van der Waals surface area contributed by atoms with Crippen molar-refractivity contribution in [2.24, 2.45) is 4.99 Å². The third-order valence-electron chi connectivity index (χ3n) is 7.25. The number of amides is 1. The molecule has 232 valence electrons. The SMILES string of the molecule is CCOC(=O)C1=C(C)N=c2s/c(=C/c3ccc(OCC(=O)Nc4ccccc4C)c(OCC)c3)c(=O)n2[C@@H]1c1ccc(C)cc1. The molecule has 0 bridgehead atoms. The van der Waals surface area contributed by atoms with E-state index in [0.717, 1.165) is 22.4 Å². The van der Waals surface area contributed by atoms with Gasteiger partial charge in [-0.25, -0.2) is 9.79 Å². The van der Waals surface area contributed by atoms with Crippen LogP contribution in [0.15, 0.2) is 87.8 Å². The van der Waals surface area contributed by atoms with Crippen molar-refractivity contribution in [1.29, 1.82) is 0 Å². The number of benzene rings is 3. The number of nitrogens with zero attached hydrogens (tertiary/aromatic N) is 2. The first-order chi connectivity index (χ1) is 21.7. The van der Waals surface area contributed by atoms with Crippen molar-refractivity contribution < 1.29 is 23.8 Å². The lowest BCUT2D eigenvalue weighted by Crippen LogP contribution is -2.39. The van der Waals surface area contributed by atoms with Crippen LogP contribution >= 0.6 is 11.3 Å². The quantitative estimate of drug-likeness (QED) is 0.253. The molecule has 10 heteroatoms. The highest BCUT2D eigenvalue weighted by Crippen LogP contribution is 2.31. The highest BCUT2D eigenvalue weighted by Gasteiger charge is 2.33.